The Morgan fingerprint density at radius 3 is 2.73 bits per heavy atom. The molecule has 0 fully saturated rings. The summed E-state index contributed by atoms with van der Waals surface area (Å²) in [7, 11) is 1.03. The molecule has 0 bridgehead atoms. The molecule has 0 saturated heterocycles. The molecule has 4 nitrogen and oxygen atoms in total. The van der Waals surface area contributed by atoms with E-state index in [4.69, 9.17) is 0 Å². The number of alkyl halides is 2. The number of halogens is 3. The van der Waals surface area contributed by atoms with Crippen LogP contribution in [0.3, 0.4) is 0 Å². The molecule has 1 aromatic rings. The smallest absolute Gasteiger partial charge is 0.342 e. The number of carbonyl (C=O) groups excluding carboxylic acids is 1. The van der Waals surface area contributed by atoms with E-state index in [1.165, 1.54) is 0 Å². The third-order valence-corrected chi connectivity index (χ3v) is 2.29. The molecule has 0 atom stereocenters. The maximum atomic E-state index is 12.6. The van der Waals surface area contributed by atoms with E-state index in [0.717, 1.165) is 13.3 Å². The standard InChI is InChI=1S/C8H6BrF2NO3/c1-15-8(14)4-3(13)2-12-6(9)5(4)7(10)11/h2,7,13H,1H3. The largest absolute Gasteiger partial charge is 0.505 e. The van der Waals surface area contributed by atoms with E-state index < -0.39 is 29.3 Å². The molecule has 1 N–H and O–H groups in total. The number of hydrogen-bond acceptors (Lipinski definition) is 4. The molecule has 1 aromatic heterocycles. The van der Waals surface area contributed by atoms with Gasteiger partial charge in [-0.15, -0.1) is 0 Å². The highest BCUT2D eigenvalue weighted by Gasteiger charge is 2.26. The zero-order valence-electron chi connectivity index (χ0n) is 7.50. The van der Waals surface area contributed by atoms with Gasteiger partial charge in [0.25, 0.3) is 6.43 Å². The van der Waals surface area contributed by atoms with Crippen molar-refractivity contribution in [1.82, 2.24) is 4.98 Å². The normalized spacial score (nSPS) is 10.5. The zero-order chi connectivity index (χ0) is 11.6. The van der Waals surface area contributed by atoms with Crippen molar-refractivity contribution in [2.45, 2.75) is 6.43 Å². The molecule has 15 heavy (non-hydrogen) atoms. The van der Waals surface area contributed by atoms with Gasteiger partial charge in [-0.05, 0) is 15.9 Å². The Bertz CT molecular complexity index is 398. The molecule has 0 aliphatic rings. The van der Waals surface area contributed by atoms with Crippen LogP contribution in [-0.4, -0.2) is 23.2 Å². The van der Waals surface area contributed by atoms with Crippen molar-refractivity contribution in [3.63, 3.8) is 0 Å². The Labute approximate surface area is 92.0 Å². The van der Waals surface area contributed by atoms with Crippen molar-refractivity contribution in [3.8, 4) is 5.75 Å². The molecule has 0 aliphatic carbocycles. The van der Waals surface area contributed by atoms with Gasteiger partial charge in [0.2, 0.25) is 0 Å². The van der Waals surface area contributed by atoms with Crippen LogP contribution in [-0.2, 0) is 4.74 Å². The summed E-state index contributed by atoms with van der Waals surface area (Å²) in [6.45, 7) is 0. The van der Waals surface area contributed by atoms with E-state index in [9.17, 15) is 18.7 Å². The van der Waals surface area contributed by atoms with E-state index in [1.807, 2.05) is 0 Å². The highest BCUT2D eigenvalue weighted by molar-refractivity contribution is 9.10. The minimum atomic E-state index is -2.94. The number of rotatable bonds is 2. The van der Waals surface area contributed by atoms with Crippen molar-refractivity contribution < 1.29 is 23.4 Å². The molecule has 0 aromatic carbocycles. The quantitative estimate of drug-likeness (QED) is 0.667. The van der Waals surface area contributed by atoms with Gasteiger partial charge < -0.3 is 9.84 Å². The van der Waals surface area contributed by atoms with Gasteiger partial charge in [-0.1, -0.05) is 0 Å². The summed E-state index contributed by atoms with van der Waals surface area (Å²) in [6, 6.07) is 0. The Hall–Kier alpha value is -1.24. The third kappa shape index (κ3) is 2.23. The number of nitrogens with zero attached hydrogens (tertiary/aromatic N) is 1. The second-order valence-corrected chi connectivity index (χ2v) is 3.27. The predicted octanol–water partition coefficient (Wildman–Crippen LogP) is 2.27. The summed E-state index contributed by atoms with van der Waals surface area (Å²) in [6.07, 6.45) is -2.05. The highest BCUT2D eigenvalue weighted by atomic mass is 79.9. The lowest BCUT2D eigenvalue weighted by Crippen LogP contribution is -2.08. The van der Waals surface area contributed by atoms with Crippen LogP contribution in [0.25, 0.3) is 0 Å². The van der Waals surface area contributed by atoms with E-state index in [2.05, 4.69) is 25.7 Å². The Balaban J connectivity index is 3.45. The second kappa shape index (κ2) is 4.52. The highest BCUT2D eigenvalue weighted by Crippen LogP contribution is 2.33. The Kier molecular flexibility index (Phi) is 3.57. The lowest BCUT2D eigenvalue weighted by molar-refractivity contribution is 0.0584. The summed E-state index contributed by atoms with van der Waals surface area (Å²) in [5.41, 5.74) is -1.25. The average Bonchev–Trinajstić information content (AvgIpc) is 2.19. The molecule has 7 heteroatoms. The maximum absolute atomic E-state index is 12.6. The number of carbonyl (C=O) groups is 1. The first-order chi connectivity index (χ1) is 6.99. The van der Waals surface area contributed by atoms with E-state index in [1.54, 1.807) is 0 Å². The molecule has 0 amide bonds. The van der Waals surface area contributed by atoms with Crippen LogP contribution in [0.1, 0.15) is 22.3 Å². The molecular formula is C8H6BrF2NO3. The van der Waals surface area contributed by atoms with Crippen LogP contribution in [0.2, 0.25) is 0 Å². The first kappa shape index (κ1) is 11.8. The third-order valence-electron chi connectivity index (χ3n) is 1.66. The second-order valence-electron chi connectivity index (χ2n) is 2.52. The van der Waals surface area contributed by atoms with Gasteiger partial charge in [-0.25, -0.2) is 18.6 Å². The zero-order valence-corrected chi connectivity index (χ0v) is 9.09. The summed E-state index contributed by atoms with van der Waals surface area (Å²) in [5, 5.41) is 9.25. The van der Waals surface area contributed by atoms with E-state index >= 15 is 0 Å². The van der Waals surface area contributed by atoms with Crippen molar-refractivity contribution in [3.05, 3.63) is 21.9 Å². The molecule has 0 unspecified atom stereocenters. The molecule has 82 valence electrons. The van der Waals surface area contributed by atoms with Crippen LogP contribution in [0.5, 0.6) is 5.75 Å². The predicted molar refractivity (Wildman–Crippen MR) is 49.9 cm³/mol. The van der Waals surface area contributed by atoms with Crippen LogP contribution >= 0.6 is 15.9 Å². The molecular weight excluding hydrogens is 276 g/mol. The average molecular weight is 282 g/mol. The number of methoxy groups -OCH3 is 1. The summed E-state index contributed by atoms with van der Waals surface area (Å²) >= 11 is 2.77. The van der Waals surface area contributed by atoms with Crippen molar-refractivity contribution >= 4 is 21.9 Å². The van der Waals surface area contributed by atoms with Gasteiger partial charge in [0.05, 0.1) is 18.9 Å². The molecule has 0 spiro atoms. The first-order valence-corrected chi connectivity index (χ1v) is 4.52. The van der Waals surface area contributed by atoms with Crippen LogP contribution < -0.4 is 0 Å². The topological polar surface area (TPSA) is 59.4 Å². The maximum Gasteiger partial charge on any atom is 0.342 e. The summed E-state index contributed by atoms with van der Waals surface area (Å²) < 4.78 is 29.2. The monoisotopic (exact) mass is 281 g/mol. The molecule has 1 rings (SSSR count). The number of hydrogen-bond donors (Lipinski definition) is 1. The lowest BCUT2D eigenvalue weighted by atomic mass is 10.1. The van der Waals surface area contributed by atoms with Crippen LogP contribution in [0.15, 0.2) is 10.8 Å². The first-order valence-electron chi connectivity index (χ1n) is 3.72. The van der Waals surface area contributed by atoms with Gasteiger partial charge in [0.15, 0.2) is 0 Å². The van der Waals surface area contributed by atoms with Crippen molar-refractivity contribution in [1.29, 1.82) is 0 Å². The van der Waals surface area contributed by atoms with Gasteiger partial charge in [-0.3, -0.25) is 0 Å². The number of aromatic nitrogens is 1. The number of ether oxygens (including phenoxy) is 1. The number of pyridine rings is 1. The fourth-order valence-corrected chi connectivity index (χ4v) is 1.48. The Morgan fingerprint density at radius 1 is 1.67 bits per heavy atom. The number of esters is 1. The fraction of sp³-hybridized carbons (Fsp3) is 0.250. The SMILES string of the molecule is COC(=O)c1c(O)cnc(Br)c1C(F)F. The molecule has 0 saturated carbocycles. The minimum Gasteiger partial charge on any atom is -0.505 e. The molecule has 1 heterocycles. The lowest BCUT2D eigenvalue weighted by Gasteiger charge is -2.09. The Morgan fingerprint density at radius 2 is 2.27 bits per heavy atom. The van der Waals surface area contributed by atoms with Gasteiger partial charge in [0, 0.05) is 0 Å². The van der Waals surface area contributed by atoms with Crippen molar-refractivity contribution in [2.75, 3.05) is 7.11 Å². The number of aromatic hydroxyl groups is 1. The summed E-state index contributed by atoms with van der Waals surface area (Å²) in [5.74, 6) is -1.67. The molecule has 0 radical (unpaired) electrons. The molecule has 0 aliphatic heterocycles. The van der Waals surface area contributed by atoms with E-state index in [-0.39, 0.29) is 4.60 Å². The minimum absolute atomic E-state index is 0.198. The van der Waals surface area contributed by atoms with Gasteiger partial charge in [0.1, 0.15) is 15.9 Å². The van der Waals surface area contributed by atoms with Crippen LogP contribution in [0, 0.1) is 0 Å². The van der Waals surface area contributed by atoms with E-state index in [0.29, 0.717) is 0 Å². The summed E-state index contributed by atoms with van der Waals surface area (Å²) in [4.78, 5) is 14.6. The van der Waals surface area contributed by atoms with Crippen molar-refractivity contribution in [2.24, 2.45) is 0 Å². The van der Waals surface area contributed by atoms with Crippen LogP contribution in [0.4, 0.5) is 8.78 Å². The van der Waals surface area contributed by atoms with Gasteiger partial charge >= 0.3 is 5.97 Å². The van der Waals surface area contributed by atoms with Gasteiger partial charge in [-0.2, -0.15) is 0 Å². The fourth-order valence-electron chi connectivity index (χ4n) is 1.01.